The van der Waals surface area contributed by atoms with Gasteiger partial charge in [-0.2, -0.15) is 0 Å². The Balaban J connectivity index is 1.53. The molecule has 3 atom stereocenters. The average molecular weight is 339 g/mol. The average Bonchev–Trinajstić information content (AvgIpc) is 2.60. The summed E-state index contributed by atoms with van der Waals surface area (Å²) < 4.78 is 6.12. The molecular formula is C22H29NO2. The highest BCUT2D eigenvalue weighted by atomic mass is 16.5. The molecule has 0 bridgehead atoms. The van der Waals surface area contributed by atoms with Crippen LogP contribution >= 0.6 is 0 Å². The highest BCUT2D eigenvalue weighted by molar-refractivity contribution is 5.32. The van der Waals surface area contributed by atoms with E-state index in [2.05, 4.69) is 36.5 Å². The van der Waals surface area contributed by atoms with Crippen LogP contribution in [0.5, 0.6) is 5.75 Å². The van der Waals surface area contributed by atoms with E-state index in [0.29, 0.717) is 0 Å². The number of aryl methyl sites for hydroxylation is 2. The van der Waals surface area contributed by atoms with Gasteiger partial charge in [0.2, 0.25) is 0 Å². The highest BCUT2D eigenvalue weighted by Crippen LogP contribution is 2.26. The van der Waals surface area contributed by atoms with Gasteiger partial charge >= 0.3 is 0 Å². The van der Waals surface area contributed by atoms with Crippen molar-refractivity contribution < 1.29 is 9.84 Å². The van der Waals surface area contributed by atoms with Crippen LogP contribution in [0.25, 0.3) is 0 Å². The lowest BCUT2D eigenvalue weighted by atomic mass is 9.89. The maximum atomic E-state index is 10.7. The lowest BCUT2D eigenvalue weighted by Gasteiger charge is -2.35. The molecule has 134 valence electrons. The minimum atomic E-state index is -0.467. The zero-order chi connectivity index (χ0) is 17.6. The maximum absolute atomic E-state index is 10.7. The molecule has 25 heavy (non-hydrogen) atoms. The Morgan fingerprint density at radius 1 is 1.08 bits per heavy atom. The molecule has 0 spiro atoms. The zero-order valence-electron chi connectivity index (χ0n) is 15.2. The van der Waals surface area contributed by atoms with Crippen molar-refractivity contribution in [2.45, 2.75) is 57.8 Å². The number of hydrogen-bond acceptors (Lipinski definition) is 3. The molecule has 0 unspecified atom stereocenters. The fourth-order valence-electron chi connectivity index (χ4n) is 3.61. The van der Waals surface area contributed by atoms with Gasteiger partial charge in [-0.05, 0) is 63.3 Å². The number of nitrogens with one attached hydrogen (secondary N) is 1. The Morgan fingerprint density at radius 3 is 2.72 bits per heavy atom. The summed E-state index contributed by atoms with van der Waals surface area (Å²) in [6.45, 7) is 5.04. The van der Waals surface area contributed by atoms with E-state index in [1.807, 2.05) is 31.2 Å². The number of aliphatic hydroxyl groups excluding tert-OH is 1. The van der Waals surface area contributed by atoms with Crippen LogP contribution in [0.4, 0.5) is 0 Å². The summed E-state index contributed by atoms with van der Waals surface area (Å²) in [6, 6.07) is 16.7. The number of aliphatic hydroxyl groups is 1. The van der Waals surface area contributed by atoms with Crippen LogP contribution in [0.1, 0.15) is 36.0 Å². The van der Waals surface area contributed by atoms with Crippen LogP contribution in [0.15, 0.2) is 48.5 Å². The topological polar surface area (TPSA) is 41.5 Å². The molecular weight excluding hydrogens is 310 g/mol. The first-order chi connectivity index (χ1) is 12.1. The first-order valence-electron chi connectivity index (χ1n) is 9.33. The van der Waals surface area contributed by atoms with Crippen LogP contribution < -0.4 is 10.1 Å². The van der Waals surface area contributed by atoms with E-state index in [9.17, 15) is 5.11 Å². The molecule has 0 aromatic heterocycles. The van der Waals surface area contributed by atoms with Gasteiger partial charge < -0.3 is 15.2 Å². The third-order valence-electron chi connectivity index (χ3n) is 5.07. The van der Waals surface area contributed by atoms with Crippen molar-refractivity contribution in [2.75, 3.05) is 6.54 Å². The second-order valence-electron chi connectivity index (χ2n) is 7.14. The van der Waals surface area contributed by atoms with Gasteiger partial charge in [-0.3, -0.25) is 0 Å². The number of benzene rings is 2. The van der Waals surface area contributed by atoms with E-state index >= 15 is 0 Å². The smallest absolute Gasteiger partial charge is 0.126 e. The molecule has 3 heteroatoms. The van der Waals surface area contributed by atoms with Gasteiger partial charge in [-0.25, -0.2) is 0 Å². The molecule has 1 aliphatic rings. The molecule has 3 rings (SSSR count). The number of para-hydroxylation sites is 1. The third-order valence-corrected chi connectivity index (χ3v) is 5.07. The molecule has 0 saturated heterocycles. The Kier molecular flexibility index (Phi) is 6.11. The number of rotatable bonds is 6. The quantitative estimate of drug-likeness (QED) is 0.841. The maximum Gasteiger partial charge on any atom is 0.126 e. The van der Waals surface area contributed by atoms with Crippen LogP contribution in [0, 0.1) is 13.8 Å². The SMILES string of the molecule is Cc1cccc(CCN[C@H]2CCC[C@@H](Oc3ccccc3C)[C@@H]2O)c1. The molecule has 2 N–H and O–H groups in total. The Morgan fingerprint density at radius 2 is 1.92 bits per heavy atom. The van der Waals surface area contributed by atoms with Crippen molar-refractivity contribution in [3.05, 3.63) is 65.2 Å². The summed E-state index contributed by atoms with van der Waals surface area (Å²) in [6.07, 6.45) is 3.37. The first kappa shape index (κ1) is 18.0. The predicted molar refractivity (Wildman–Crippen MR) is 102 cm³/mol. The van der Waals surface area contributed by atoms with E-state index in [1.54, 1.807) is 0 Å². The van der Waals surface area contributed by atoms with Crippen molar-refractivity contribution in [1.29, 1.82) is 0 Å². The molecule has 0 aliphatic heterocycles. The van der Waals surface area contributed by atoms with E-state index < -0.39 is 6.10 Å². The molecule has 1 aliphatic carbocycles. The number of ether oxygens (including phenoxy) is 1. The first-order valence-corrected chi connectivity index (χ1v) is 9.33. The van der Waals surface area contributed by atoms with Gasteiger partial charge in [0.15, 0.2) is 0 Å². The van der Waals surface area contributed by atoms with Crippen LogP contribution in [0.2, 0.25) is 0 Å². The minimum absolute atomic E-state index is 0.104. The zero-order valence-corrected chi connectivity index (χ0v) is 15.2. The van der Waals surface area contributed by atoms with Gasteiger partial charge in [0.1, 0.15) is 18.0 Å². The highest BCUT2D eigenvalue weighted by Gasteiger charge is 2.33. The summed E-state index contributed by atoms with van der Waals surface area (Å²) in [5, 5.41) is 14.3. The van der Waals surface area contributed by atoms with Crippen molar-refractivity contribution in [1.82, 2.24) is 5.32 Å². The Hall–Kier alpha value is -1.84. The van der Waals surface area contributed by atoms with Gasteiger partial charge in [0.05, 0.1) is 0 Å². The largest absolute Gasteiger partial charge is 0.487 e. The van der Waals surface area contributed by atoms with E-state index in [-0.39, 0.29) is 12.1 Å². The summed E-state index contributed by atoms with van der Waals surface area (Å²) in [5.41, 5.74) is 3.75. The second kappa shape index (κ2) is 8.50. The predicted octanol–water partition coefficient (Wildman–Crippen LogP) is 3.80. The second-order valence-corrected chi connectivity index (χ2v) is 7.14. The summed E-state index contributed by atoms with van der Waals surface area (Å²) in [4.78, 5) is 0. The van der Waals surface area contributed by atoms with Gasteiger partial charge in [0, 0.05) is 6.04 Å². The Labute approximate surface area is 151 Å². The molecule has 0 radical (unpaired) electrons. The molecule has 3 nitrogen and oxygen atoms in total. The van der Waals surface area contributed by atoms with Crippen molar-refractivity contribution >= 4 is 0 Å². The molecule has 1 fully saturated rings. The lowest BCUT2D eigenvalue weighted by molar-refractivity contribution is -0.0154. The van der Waals surface area contributed by atoms with Gasteiger partial charge in [-0.1, -0.05) is 48.0 Å². The molecule has 0 amide bonds. The minimum Gasteiger partial charge on any atom is -0.487 e. The van der Waals surface area contributed by atoms with Crippen LogP contribution in [-0.4, -0.2) is 29.9 Å². The number of hydrogen-bond donors (Lipinski definition) is 2. The van der Waals surface area contributed by atoms with Gasteiger partial charge in [0.25, 0.3) is 0 Å². The fraction of sp³-hybridized carbons (Fsp3) is 0.455. The third kappa shape index (κ3) is 4.83. The lowest BCUT2D eigenvalue weighted by Crippen LogP contribution is -2.51. The van der Waals surface area contributed by atoms with Crippen molar-refractivity contribution in [3.63, 3.8) is 0 Å². The van der Waals surface area contributed by atoms with E-state index in [0.717, 1.165) is 43.5 Å². The normalized spacial score (nSPS) is 23.4. The summed E-state index contributed by atoms with van der Waals surface area (Å²) in [5.74, 6) is 0.881. The summed E-state index contributed by atoms with van der Waals surface area (Å²) in [7, 11) is 0. The molecule has 2 aromatic rings. The van der Waals surface area contributed by atoms with Crippen molar-refractivity contribution in [3.8, 4) is 5.75 Å². The summed E-state index contributed by atoms with van der Waals surface area (Å²) >= 11 is 0. The Bertz CT molecular complexity index is 685. The van der Waals surface area contributed by atoms with Crippen LogP contribution in [0.3, 0.4) is 0 Å². The van der Waals surface area contributed by atoms with Crippen LogP contribution in [-0.2, 0) is 6.42 Å². The standard InChI is InChI=1S/C22H29NO2/c1-16-7-5-9-18(15-16)13-14-23-19-10-6-12-21(22(19)24)25-20-11-4-3-8-17(20)2/h3-5,7-9,11,15,19,21-24H,6,10,12-14H2,1-2H3/t19-,21+,22+/m0/s1. The van der Waals surface area contributed by atoms with E-state index in [4.69, 9.17) is 4.74 Å². The monoisotopic (exact) mass is 339 g/mol. The van der Waals surface area contributed by atoms with Gasteiger partial charge in [-0.15, -0.1) is 0 Å². The molecule has 0 heterocycles. The van der Waals surface area contributed by atoms with Crippen molar-refractivity contribution in [2.24, 2.45) is 0 Å². The molecule has 2 aromatic carbocycles. The fourth-order valence-corrected chi connectivity index (χ4v) is 3.61. The molecule has 1 saturated carbocycles. The van der Waals surface area contributed by atoms with E-state index in [1.165, 1.54) is 11.1 Å².